The van der Waals surface area contributed by atoms with E-state index in [4.69, 9.17) is 0 Å². The molecule has 0 saturated heterocycles. The third kappa shape index (κ3) is 4.34. The molecule has 0 radical (unpaired) electrons. The van der Waals surface area contributed by atoms with Crippen LogP contribution in [-0.4, -0.2) is 33.8 Å². The monoisotopic (exact) mass is 264 g/mol. The number of aromatic nitrogens is 3. The number of hydrogen-bond acceptors (Lipinski definition) is 3. The highest BCUT2D eigenvalue weighted by atomic mass is 19.4. The minimum atomic E-state index is -4.29. The summed E-state index contributed by atoms with van der Waals surface area (Å²) >= 11 is 0. The predicted octanol–water partition coefficient (Wildman–Crippen LogP) is 1.78. The summed E-state index contributed by atoms with van der Waals surface area (Å²) in [6.07, 6.45) is -5.36. The van der Waals surface area contributed by atoms with Gasteiger partial charge in [0.1, 0.15) is 5.82 Å². The summed E-state index contributed by atoms with van der Waals surface area (Å²) in [5.41, 5.74) is -0.308. The molecule has 1 aromatic heterocycles. The van der Waals surface area contributed by atoms with Crippen LogP contribution in [-0.2, 0) is 5.41 Å². The first-order valence-corrected chi connectivity index (χ1v) is 5.37. The average Bonchev–Trinajstić information content (AvgIpc) is 2.62. The first-order chi connectivity index (χ1) is 8.09. The van der Waals surface area contributed by atoms with E-state index in [0.717, 1.165) is 0 Å². The van der Waals surface area contributed by atoms with Crippen molar-refractivity contribution in [2.75, 3.05) is 6.54 Å². The van der Waals surface area contributed by atoms with Gasteiger partial charge in [-0.1, -0.05) is 20.8 Å². The van der Waals surface area contributed by atoms with Crippen LogP contribution in [0.1, 0.15) is 43.6 Å². The molecule has 1 aromatic rings. The van der Waals surface area contributed by atoms with Crippen molar-refractivity contribution in [3.63, 3.8) is 0 Å². The van der Waals surface area contributed by atoms with Crippen molar-refractivity contribution in [2.24, 2.45) is 0 Å². The maximum atomic E-state index is 11.9. The number of nitrogens with one attached hydrogen (secondary N) is 2. The Morgan fingerprint density at radius 2 is 1.94 bits per heavy atom. The van der Waals surface area contributed by atoms with Crippen LogP contribution in [0, 0.1) is 0 Å². The number of aromatic amines is 1. The number of halogens is 3. The summed E-state index contributed by atoms with van der Waals surface area (Å²) in [6.45, 7) is 5.14. The van der Waals surface area contributed by atoms with E-state index >= 15 is 0 Å². The molecule has 0 atom stereocenters. The zero-order chi connectivity index (χ0) is 14.0. The fourth-order valence-corrected chi connectivity index (χ4v) is 1.10. The second-order valence-electron chi connectivity index (χ2n) is 4.88. The van der Waals surface area contributed by atoms with Gasteiger partial charge in [0.2, 0.25) is 5.82 Å². The van der Waals surface area contributed by atoms with Crippen LogP contribution in [0.3, 0.4) is 0 Å². The quantitative estimate of drug-likeness (QED) is 0.874. The third-order valence-corrected chi connectivity index (χ3v) is 2.09. The van der Waals surface area contributed by atoms with Gasteiger partial charge in [0, 0.05) is 12.0 Å². The van der Waals surface area contributed by atoms with Crippen LogP contribution in [0.4, 0.5) is 13.2 Å². The standard InChI is InChI=1S/C10H15F3N4O/c1-9(2,3)8-15-6(16-17-8)7(18)14-5-4-10(11,12)13/h4-5H2,1-3H3,(H,14,18)(H,15,16,17). The Balaban J connectivity index is 2.55. The van der Waals surface area contributed by atoms with Crippen molar-refractivity contribution in [3.05, 3.63) is 11.6 Å². The molecule has 0 unspecified atom stereocenters. The van der Waals surface area contributed by atoms with Gasteiger partial charge in [0.15, 0.2) is 0 Å². The molecular formula is C10H15F3N4O. The lowest BCUT2D eigenvalue weighted by atomic mass is 9.96. The Hall–Kier alpha value is -1.60. The SMILES string of the molecule is CC(C)(C)c1nc(C(=O)NCCC(F)(F)F)n[nH]1. The molecular weight excluding hydrogens is 249 g/mol. The Labute approximate surface area is 102 Å². The topological polar surface area (TPSA) is 70.7 Å². The van der Waals surface area contributed by atoms with Gasteiger partial charge in [-0.05, 0) is 0 Å². The molecule has 0 aliphatic rings. The van der Waals surface area contributed by atoms with Gasteiger partial charge < -0.3 is 5.32 Å². The maximum Gasteiger partial charge on any atom is 0.390 e. The number of H-pyrrole nitrogens is 1. The maximum absolute atomic E-state index is 11.9. The van der Waals surface area contributed by atoms with E-state index < -0.39 is 25.0 Å². The molecule has 102 valence electrons. The van der Waals surface area contributed by atoms with E-state index in [9.17, 15) is 18.0 Å². The van der Waals surface area contributed by atoms with Gasteiger partial charge in [0.05, 0.1) is 6.42 Å². The first-order valence-electron chi connectivity index (χ1n) is 5.37. The lowest BCUT2D eigenvalue weighted by Gasteiger charge is -2.12. The lowest BCUT2D eigenvalue weighted by Crippen LogP contribution is -2.28. The van der Waals surface area contributed by atoms with Crippen molar-refractivity contribution in [3.8, 4) is 0 Å². The largest absolute Gasteiger partial charge is 0.390 e. The number of nitrogens with zero attached hydrogens (tertiary/aromatic N) is 2. The van der Waals surface area contributed by atoms with Gasteiger partial charge in [-0.15, -0.1) is 5.10 Å². The number of amides is 1. The summed E-state index contributed by atoms with van der Waals surface area (Å²) in [4.78, 5) is 15.4. The van der Waals surface area contributed by atoms with Crippen LogP contribution in [0.25, 0.3) is 0 Å². The molecule has 0 fully saturated rings. The lowest BCUT2D eigenvalue weighted by molar-refractivity contribution is -0.133. The Morgan fingerprint density at radius 3 is 2.39 bits per heavy atom. The summed E-state index contributed by atoms with van der Waals surface area (Å²) in [5.74, 6) is -0.364. The third-order valence-electron chi connectivity index (χ3n) is 2.09. The van der Waals surface area contributed by atoms with Crippen LogP contribution in [0.15, 0.2) is 0 Å². The summed E-state index contributed by atoms with van der Waals surface area (Å²) in [6, 6.07) is 0. The van der Waals surface area contributed by atoms with Crippen molar-refractivity contribution >= 4 is 5.91 Å². The second kappa shape index (κ2) is 4.95. The molecule has 18 heavy (non-hydrogen) atoms. The highest BCUT2D eigenvalue weighted by Crippen LogP contribution is 2.18. The normalized spacial score (nSPS) is 12.6. The van der Waals surface area contributed by atoms with E-state index in [-0.39, 0.29) is 11.2 Å². The van der Waals surface area contributed by atoms with Crippen molar-refractivity contribution in [1.82, 2.24) is 20.5 Å². The van der Waals surface area contributed by atoms with E-state index in [2.05, 4.69) is 20.5 Å². The number of rotatable bonds is 3. The first kappa shape index (κ1) is 14.5. The highest BCUT2D eigenvalue weighted by Gasteiger charge is 2.27. The minimum Gasteiger partial charge on any atom is -0.349 e. The number of alkyl halides is 3. The molecule has 5 nitrogen and oxygen atoms in total. The molecule has 0 aliphatic carbocycles. The zero-order valence-corrected chi connectivity index (χ0v) is 10.4. The van der Waals surface area contributed by atoms with Gasteiger partial charge in [-0.3, -0.25) is 9.89 Å². The van der Waals surface area contributed by atoms with Crippen molar-refractivity contribution in [2.45, 2.75) is 38.8 Å². The zero-order valence-electron chi connectivity index (χ0n) is 10.4. The Bertz CT molecular complexity index is 419. The predicted molar refractivity (Wildman–Crippen MR) is 58.1 cm³/mol. The van der Waals surface area contributed by atoms with Crippen molar-refractivity contribution in [1.29, 1.82) is 0 Å². The fourth-order valence-electron chi connectivity index (χ4n) is 1.10. The number of hydrogen-bond donors (Lipinski definition) is 2. The number of carbonyl (C=O) groups excluding carboxylic acids is 1. The Morgan fingerprint density at radius 1 is 1.33 bits per heavy atom. The van der Waals surface area contributed by atoms with Gasteiger partial charge in [0.25, 0.3) is 5.91 Å². The van der Waals surface area contributed by atoms with E-state index in [1.165, 1.54) is 0 Å². The van der Waals surface area contributed by atoms with Crippen LogP contribution < -0.4 is 5.32 Å². The molecule has 0 saturated carbocycles. The molecule has 1 amide bonds. The number of carbonyl (C=O) groups is 1. The summed E-state index contributed by atoms with van der Waals surface area (Å²) in [7, 11) is 0. The highest BCUT2D eigenvalue weighted by molar-refractivity contribution is 5.90. The molecule has 0 bridgehead atoms. The smallest absolute Gasteiger partial charge is 0.349 e. The molecule has 2 N–H and O–H groups in total. The van der Waals surface area contributed by atoms with Crippen molar-refractivity contribution < 1.29 is 18.0 Å². The molecule has 1 rings (SSSR count). The van der Waals surface area contributed by atoms with Crippen LogP contribution in [0.2, 0.25) is 0 Å². The van der Waals surface area contributed by atoms with E-state index in [1.807, 2.05) is 20.8 Å². The summed E-state index contributed by atoms with van der Waals surface area (Å²) in [5, 5.41) is 8.37. The Kier molecular flexibility index (Phi) is 3.98. The fraction of sp³-hybridized carbons (Fsp3) is 0.700. The molecule has 0 aliphatic heterocycles. The van der Waals surface area contributed by atoms with Crippen LogP contribution >= 0.6 is 0 Å². The summed E-state index contributed by atoms with van der Waals surface area (Å²) < 4.78 is 35.6. The molecule has 0 spiro atoms. The van der Waals surface area contributed by atoms with Gasteiger partial charge in [-0.25, -0.2) is 4.98 Å². The molecule has 8 heteroatoms. The molecule has 1 heterocycles. The minimum absolute atomic E-state index is 0.151. The van der Waals surface area contributed by atoms with Gasteiger partial charge >= 0.3 is 6.18 Å². The second-order valence-corrected chi connectivity index (χ2v) is 4.88. The molecule has 0 aromatic carbocycles. The van der Waals surface area contributed by atoms with E-state index in [1.54, 1.807) is 0 Å². The average molecular weight is 264 g/mol. The van der Waals surface area contributed by atoms with E-state index in [0.29, 0.717) is 5.82 Å². The van der Waals surface area contributed by atoms with Gasteiger partial charge in [-0.2, -0.15) is 13.2 Å². The van der Waals surface area contributed by atoms with Crippen LogP contribution in [0.5, 0.6) is 0 Å².